The summed E-state index contributed by atoms with van der Waals surface area (Å²) in [4.78, 5) is 0. The zero-order valence-electron chi connectivity index (χ0n) is 11.6. The molecule has 1 saturated heterocycles. The minimum Gasteiger partial charge on any atom is -0.490 e. The van der Waals surface area contributed by atoms with Gasteiger partial charge in [-0.1, -0.05) is 0 Å². The Morgan fingerprint density at radius 2 is 1.75 bits per heavy atom. The molecule has 1 aromatic carbocycles. The van der Waals surface area contributed by atoms with Crippen LogP contribution >= 0.6 is 0 Å². The SMILES string of the molecule is NCCCC1(c2ccc3c(c2)OCCCO3)OCCO1. The molecule has 0 bridgehead atoms. The third kappa shape index (κ3) is 2.61. The Bertz CT molecular complexity index is 457. The Morgan fingerprint density at radius 3 is 2.50 bits per heavy atom. The summed E-state index contributed by atoms with van der Waals surface area (Å²) in [6.07, 6.45) is 2.51. The number of hydrogen-bond acceptors (Lipinski definition) is 5. The fourth-order valence-electron chi connectivity index (χ4n) is 2.65. The van der Waals surface area contributed by atoms with Gasteiger partial charge in [0.2, 0.25) is 0 Å². The lowest BCUT2D eigenvalue weighted by Gasteiger charge is -2.28. The molecule has 1 fully saturated rings. The molecule has 2 aliphatic rings. The maximum atomic E-state index is 5.88. The van der Waals surface area contributed by atoms with Gasteiger partial charge in [0, 0.05) is 18.4 Å². The number of hydrogen-bond donors (Lipinski definition) is 1. The van der Waals surface area contributed by atoms with E-state index in [0.29, 0.717) is 33.0 Å². The van der Waals surface area contributed by atoms with Crippen molar-refractivity contribution in [2.75, 3.05) is 33.0 Å². The van der Waals surface area contributed by atoms with E-state index < -0.39 is 5.79 Å². The van der Waals surface area contributed by atoms with Gasteiger partial charge in [-0.2, -0.15) is 0 Å². The van der Waals surface area contributed by atoms with Crippen LogP contribution in [0.25, 0.3) is 0 Å². The van der Waals surface area contributed by atoms with E-state index in [9.17, 15) is 0 Å². The van der Waals surface area contributed by atoms with E-state index in [-0.39, 0.29) is 0 Å². The summed E-state index contributed by atoms with van der Waals surface area (Å²) in [5.74, 6) is 0.883. The minimum atomic E-state index is -0.677. The highest BCUT2D eigenvalue weighted by atomic mass is 16.7. The van der Waals surface area contributed by atoms with E-state index in [1.165, 1.54) is 0 Å². The van der Waals surface area contributed by atoms with Gasteiger partial charge in [-0.25, -0.2) is 0 Å². The van der Waals surface area contributed by atoms with E-state index in [1.807, 2.05) is 18.2 Å². The average Bonchev–Trinajstić information content (AvgIpc) is 2.84. The normalized spacial score (nSPS) is 20.6. The van der Waals surface area contributed by atoms with E-state index in [4.69, 9.17) is 24.7 Å². The van der Waals surface area contributed by atoms with Crippen LogP contribution in [0.15, 0.2) is 18.2 Å². The van der Waals surface area contributed by atoms with Crippen molar-refractivity contribution in [2.24, 2.45) is 5.73 Å². The quantitative estimate of drug-likeness (QED) is 0.910. The maximum Gasteiger partial charge on any atom is 0.195 e. The molecule has 0 aromatic heterocycles. The van der Waals surface area contributed by atoms with Gasteiger partial charge < -0.3 is 24.7 Å². The van der Waals surface area contributed by atoms with Crippen LogP contribution in [0.5, 0.6) is 11.5 Å². The molecule has 5 heteroatoms. The van der Waals surface area contributed by atoms with Crippen molar-refractivity contribution in [1.82, 2.24) is 0 Å². The monoisotopic (exact) mass is 279 g/mol. The zero-order valence-corrected chi connectivity index (χ0v) is 11.6. The molecule has 2 heterocycles. The number of ether oxygens (including phenoxy) is 4. The highest BCUT2D eigenvalue weighted by Gasteiger charge is 2.38. The van der Waals surface area contributed by atoms with Gasteiger partial charge in [0.05, 0.1) is 26.4 Å². The Hall–Kier alpha value is -1.30. The molecule has 2 N–H and O–H groups in total. The molecular weight excluding hydrogens is 258 g/mol. The molecule has 110 valence electrons. The second kappa shape index (κ2) is 5.99. The van der Waals surface area contributed by atoms with Crippen molar-refractivity contribution >= 4 is 0 Å². The lowest BCUT2D eigenvalue weighted by molar-refractivity contribution is -0.171. The molecule has 1 aromatic rings. The van der Waals surface area contributed by atoms with Crippen molar-refractivity contribution < 1.29 is 18.9 Å². The summed E-state index contributed by atoms with van der Waals surface area (Å²) >= 11 is 0. The van der Waals surface area contributed by atoms with Crippen LogP contribution in [0, 0.1) is 0 Å². The summed E-state index contributed by atoms with van der Waals surface area (Å²) < 4.78 is 23.1. The van der Waals surface area contributed by atoms with Crippen molar-refractivity contribution in [3.8, 4) is 11.5 Å². The summed E-state index contributed by atoms with van der Waals surface area (Å²) in [6.45, 7) is 3.21. The highest BCUT2D eigenvalue weighted by molar-refractivity contribution is 5.44. The molecule has 0 aliphatic carbocycles. The fraction of sp³-hybridized carbons (Fsp3) is 0.600. The smallest absolute Gasteiger partial charge is 0.195 e. The van der Waals surface area contributed by atoms with Crippen LogP contribution in [0.2, 0.25) is 0 Å². The molecular formula is C15H21NO4. The molecule has 2 aliphatic heterocycles. The van der Waals surface area contributed by atoms with Gasteiger partial charge in [0.1, 0.15) is 0 Å². The van der Waals surface area contributed by atoms with Crippen molar-refractivity contribution in [3.63, 3.8) is 0 Å². The van der Waals surface area contributed by atoms with Crippen LogP contribution in [-0.2, 0) is 15.3 Å². The molecule has 0 atom stereocenters. The van der Waals surface area contributed by atoms with Crippen LogP contribution in [-0.4, -0.2) is 33.0 Å². The first-order chi connectivity index (χ1) is 9.84. The van der Waals surface area contributed by atoms with Crippen molar-refractivity contribution in [2.45, 2.75) is 25.0 Å². The Morgan fingerprint density at radius 1 is 1.00 bits per heavy atom. The Kier molecular flexibility index (Phi) is 4.10. The third-order valence-electron chi connectivity index (χ3n) is 3.65. The van der Waals surface area contributed by atoms with Crippen LogP contribution in [0.4, 0.5) is 0 Å². The highest BCUT2D eigenvalue weighted by Crippen LogP contribution is 2.40. The van der Waals surface area contributed by atoms with E-state index in [2.05, 4.69) is 0 Å². The largest absolute Gasteiger partial charge is 0.490 e. The van der Waals surface area contributed by atoms with Gasteiger partial charge in [-0.3, -0.25) is 0 Å². The van der Waals surface area contributed by atoms with E-state index in [1.54, 1.807) is 0 Å². The standard InChI is InChI=1S/C15H21NO4/c16-6-1-5-15(19-9-10-20-15)12-3-4-13-14(11-12)18-8-2-7-17-13/h3-4,11H,1-2,5-10,16H2. The predicted octanol–water partition coefficient (Wildman–Crippen LogP) is 1.79. The summed E-state index contributed by atoms with van der Waals surface area (Å²) in [7, 11) is 0. The first kappa shape index (κ1) is 13.7. The molecule has 0 radical (unpaired) electrons. The Labute approximate surface area is 118 Å². The van der Waals surface area contributed by atoms with Crippen LogP contribution < -0.4 is 15.2 Å². The van der Waals surface area contributed by atoms with Crippen LogP contribution in [0.1, 0.15) is 24.8 Å². The average molecular weight is 279 g/mol. The number of nitrogens with two attached hydrogens (primary N) is 1. The van der Waals surface area contributed by atoms with Gasteiger partial charge >= 0.3 is 0 Å². The van der Waals surface area contributed by atoms with Gasteiger partial charge in [-0.05, 0) is 31.2 Å². The number of benzene rings is 1. The summed E-state index contributed by atoms with van der Waals surface area (Å²) in [5, 5.41) is 0. The minimum absolute atomic E-state index is 0.610. The maximum absolute atomic E-state index is 5.88. The van der Waals surface area contributed by atoms with Crippen LogP contribution in [0.3, 0.4) is 0 Å². The lowest BCUT2D eigenvalue weighted by Crippen LogP contribution is -2.28. The second-order valence-electron chi connectivity index (χ2n) is 5.05. The number of rotatable bonds is 4. The van der Waals surface area contributed by atoms with E-state index in [0.717, 1.165) is 36.3 Å². The Balaban J connectivity index is 1.89. The van der Waals surface area contributed by atoms with Gasteiger partial charge in [-0.15, -0.1) is 0 Å². The topological polar surface area (TPSA) is 62.9 Å². The van der Waals surface area contributed by atoms with E-state index >= 15 is 0 Å². The summed E-state index contributed by atoms with van der Waals surface area (Å²) in [6, 6.07) is 5.91. The molecule has 0 amide bonds. The lowest BCUT2D eigenvalue weighted by atomic mass is 10.00. The fourth-order valence-corrected chi connectivity index (χ4v) is 2.65. The van der Waals surface area contributed by atoms with Crippen molar-refractivity contribution in [3.05, 3.63) is 23.8 Å². The molecule has 0 unspecified atom stereocenters. The predicted molar refractivity (Wildman–Crippen MR) is 73.9 cm³/mol. The third-order valence-corrected chi connectivity index (χ3v) is 3.65. The number of fused-ring (bicyclic) bond motifs is 1. The molecule has 0 saturated carbocycles. The van der Waals surface area contributed by atoms with Gasteiger partial charge in [0.25, 0.3) is 0 Å². The molecule has 5 nitrogen and oxygen atoms in total. The molecule has 3 rings (SSSR count). The van der Waals surface area contributed by atoms with Crippen molar-refractivity contribution in [1.29, 1.82) is 0 Å². The first-order valence-electron chi connectivity index (χ1n) is 7.22. The first-order valence-corrected chi connectivity index (χ1v) is 7.22. The summed E-state index contributed by atoms with van der Waals surface area (Å²) in [5.41, 5.74) is 6.60. The van der Waals surface area contributed by atoms with Gasteiger partial charge in [0.15, 0.2) is 17.3 Å². The zero-order chi connectivity index (χ0) is 13.8. The molecule has 0 spiro atoms. The molecule has 20 heavy (non-hydrogen) atoms. The second-order valence-corrected chi connectivity index (χ2v) is 5.05.